The molecule has 0 aliphatic heterocycles. The molecule has 0 saturated carbocycles. The Morgan fingerprint density at radius 3 is 1.61 bits per heavy atom. The van der Waals surface area contributed by atoms with Crippen molar-refractivity contribution in [3.05, 3.63) is 36.5 Å². The van der Waals surface area contributed by atoms with Gasteiger partial charge in [0.25, 0.3) is 0 Å². The summed E-state index contributed by atoms with van der Waals surface area (Å²) < 4.78 is 9.81. The van der Waals surface area contributed by atoms with Crippen molar-refractivity contribution in [3.63, 3.8) is 0 Å². The summed E-state index contributed by atoms with van der Waals surface area (Å²) in [6, 6.07) is 0. The molecule has 0 radical (unpaired) electrons. The molecule has 0 aromatic heterocycles. The van der Waals surface area contributed by atoms with Gasteiger partial charge in [-0.25, -0.2) is 0 Å². The van der Waals surface area contributed by atoms with Crippen LogP contribution in [-0.2, 0) is 19.1 Å². The number of ether oxygens (including phenoxy) is 2. The zero-order chi connectivity index (χ0) is 13.2. The van der Waals surface area contributed by atoms with Crippen LogP contribution in [0, 0.1) is 10.8 Å². The molecule has 2 aliphatic rings. The molecule has 4 heteroatoms. The van der Waals surface area contributed by atoms with Crippen molar-refractivity contribution in [2.24, 2.45) is 10.8 Å². The molecule has 2 rings (SSSR count). The lowest BCUT2D eigenvalue weighted by atomic mass is 9.56. The van der Waals surface area contributed by atoms with Crippen LogP contribution in [0.15, 0.2) is 36.5 Å². The fourth-order valence-corrected chi connectivity index (χ4v) is 2.81. The summed E-state index contributed by atoms with van der Waals surface area (Å²) in [5.74, 6) is -0.810. The van der Waals surface area contributed by atoms with Crippen molar-refractivity contribution in [2.45, 2.75) is 12.8 Å². The van der Waals surface area contributed by atoms with Crippen LogP contribution in [0.4, 0.5) is 0 Å². The summed E-state index contributed by atoms with van der Waals surface area (Å²) in [5.41, 5.74) is -1.98. The lowest BCUT2D eigenvalue weighted by Crippen LogP contribution is -2.53. The van der Waals surface area contributed by atoms with Gasteiger partial charge in [-0.3, -0.25) is 9.59 Å². The van der Waals surface area contributed by atoms with E-state index in [-0.39, 0.29) is 0 Å². The van der Waals surface area contributed by atoms with Crippen LogP contribution in [0.3, 0.4) is 0 Å². The number of methoxy groups -OCH3 is 2. The van der Waals surface area contributed by atoms with E-state index in [0.717, 1.165) is 0 Å². The molecule has 0 aromatic rings. The van der Waals surface area contributed by atoms with Crippen molar-refractivity contribution in [1.82, 2.24) is 0 Å². The number of rotatable bonds is 2. The second-order valence-corrected chi connectivity index (χ2v) is 4.52. The first-order valence-electron chi connectivity index (χ1n) is 5.82. The minimum Gasteiger partial charge on any atom is -0.468 e. The highest BCUT2D eigenvalue weighted by Crippen LogP contribution is 2.53. The Kier molecular flexibility index (Phi) is 3.11. The average molecular weight is 248 g/mol. The third-order valence-corrected chi connectivity index (χ3v) is 3.81. The van der Waals surface area contributed by atoms with Crippen LogP contribution in [0.25, 0.3) is 0 Å². The second kappa shape index (κ2) is 4.44. The third-order valence-electron chi connectivity index (χ3n) is 3.81. The van der Waals surface area contributed by atoms with Crippen LogP contribution >= 0.6 is 0 Å². The third kappa shape index (κ3) is 1.45. The molecule has 0 saturated heterocycles. The molecule has 96 valence electrons. The minimum absolute atomic E-state index is 0.405. The van der Waals surface area contributed by atoms with E-state index >= 15 is 0 Å². The molecule has 0 amide bonds. The van der Waals surface area contributed by atoms with Gasteiger partial charge in [0.15, 0.2) is 0 Å². The fourth-order valence-electron chi connectivity index (χ4n) is 2.81. The molecule has 0 N–H and O–H groups in total. The second-order valence-electron chi connectivity index (χ2n) is 4.52. The van der Waals surface area contributed by atoms with E-state index in [1.165, 1.54) is 14.2 Å². The van der Waals surface area contributed by atoms with Crippen LogP contribution in [0.5, 0.6) is 0 Å². The van der Waals surface area contributed by atoms with Gasteiger partial charge in [0.2, 0.25) is 0 Å². The number of hydrogen-bond acceptors (Lipinski definition) is 4. The van der Waals surface area contributed by atoms with Crippen molar-refractivity contribution in [3.8, 4) is 0 Å². The summed E-state index contributed by atoms with van der Waals surface area (Å²) in [4.78, 5) is 24.4. The smallest absolute Gasteiger partial charge is 0.317 e. The lowest BCUT2D eigenvalue weighted by Gasteiger charge is -2.45. The van der Waals surface area contributed by atoms with Crippen molar-refractivity contribution < 1.29 is 19.1 Å². The van der Waals surface area contributed by atoms with Crippen LogP contribution in [0.1, 0.15) is 12.8 Å². The van der Waals surface area contributed by atoms with Gasteiger partial charge in [-0.05, 0) is 12.8 Å². The number of carbonyl (C=O) groups is 2. The average Bonchev–Trinajstić information content (AvgIpc) is 2.44. The van der Waals surface area contributed by atoms with Gasteiger partial charge in [0, 0.05) is 0 Å². The first kappa shape index (κ1) is 12.6. The number of esters is 2. The SMILES string of the molecule is COC(=O)[C@@]12C=CC=C[C@]1(C(=O)OC)CC=CC2. The Hall–Kier alpha value is -1.84. The molecular weight excluding hydrogens is 232 g/mol. The number of fused-ring (bicyclic) bond motifs is 1. The number of hydrogen-bond donors (Lipinski definition) is 0. The standard InChI is InChI=1S/C14H16O4/c1-17-11(15)13-7-3-5-9-14(13,12(16)18-2)10-6-4-8-13/h3-7,9H,8,10H2,1-2H3/t13-,14+. The number of carbonyl (C=O) groups excluding carboxylic acids is 2. The zero-order valence-electron chi connectivity index (χ0n) is 10.5. The molecule has 0 bridgehead atoms. The Labute approximate surface area is 106 Å². The Morgan fingerprint density at radius 2 is 1.28 bits per heavy atom. The Balaban J connectivity index is 2.60. The molecule has 0 heterocycles. The molecule has 4 nitrogen and oxygen atoms in total. The maximum atomic E-state index is 12.2. The first-order chi connectivity index (χ1) is 8.63. The van der Waals surface area contributed by atoms with Crippen LogP contribution in [-0.4, -0.2) is 26.2 Å². The van der Waals surface area contributed by atoms with E-state index in [1.807, 2.05) is 12.2 Å². The van der Waals surface area contributed by atoms with Crippen LogP contribution < -0.4 is 0 Å². The molecule has 2 aliphatic carbocycles. The van der Waals surface area contributed by atoms with E-state index < -0.39 is 22.8 Å². The molecular formula is C14H16O4. The highest BCUT2D eigenvalue weighted by atomic mass is 16.5. The van der Waals surface area contributed by atoms with Crippen molar-refractivity contribution in [2.75, 3.05) is 14.2 Å². The highest BCUT2D eigenvalue weighted by Gasteiger charge is 2.60. The molecule has 0 aromatic carbocycles. The summed E-state index contributed by atoms with van der Waals surface area (Å²) in [6.45, 7) is 0. The molecule has 0 fully saturated rings. The molecule has 2 atom stereocenters. The van der Waals surface area contributed by atoms with E-state index in [4.69, 9.17) is 9.47 Å². The topological polar surface area (TPSA) is 52.6 Å². The normalized spacial score (nSPS) is 32.8. The van der Waals surface area contributed by atoms with Crippen molar-refractivity contribution in [1.29, 1.82) is 0 Å². The van der Waals surface area contributed by atoms with Gasteiger partial charge >= 0.3 is 11.9 Å². The van der Waals surface area contributed by atoms with Crippen molar-refractivity contribution >= 4 is 11.9 Å². The monoisotopic (exact) mass is 248 g/mol. The maximum Gasteiger partial charge on any atom is 0.317 e. The van der Waals surface area contributed by atoms with E-state index in [1.54, 1.807) is 24.3 Å². The summed E-state index contributed by atoms with van der Waals surface area (Å²) in [6.07, 6.45) is 11.7. The minimum atomic E-state index is -0.988. The molecule has 0 unspecified atom stereocenters. The van der Waals surface area contributed by atoms with Gasteiger partial charge in [-0.15, -0.1) is 0 Å². The number of allylic oxidation sites excluding steroid dienone is 4. The van der Waals surface area contributed by atoms with Crippen LogP contribution in [0.2, 0.25) is 0 Å². The zero-order valence-corrected chi connectivity index (χ0v) is 10.5. The van der Waals surface area contributed by atoms with E-state index in [0.29, 0.717) is 12.8 Å². The lowest BCUT2D eigenvalue weighted by molar-refractivity contribution is -0.169. The Bertz CT molecular complexity index is 418. The van der Waals surface area contributed by atoms with Gasteiger partial charge in [-0.1, -0.05) is 36.5 Å². The van der Waals surface area contributed by atoms with Gasteiger partial charge in [0.1, 0.15) is 10.8 Å². The van der Waals surface area contributed by atoms with Gasteiger partial charge < -0.3 is 9.47 Å². The first-order valence-corrected chi connectivity index (χ1v) is 5.82. The predicted octanol–water partition coefficient (Wildman–Crippen LogP) is 1.78. The predicted molar refractivity (Wildman–Crippen MR) is 65.6 cm³/mol. The van der Waals surface area contributed by atoms with Gasteiger partial charge in [-0.2, -0.15) is 0 Å². The maximum absolute atomic E-state index is 12.2. The largest absolute Gasteiger partial charge is 0.468 e. The van der Waals surface area contributed by atoms with E-state index in [9.17, 15) is 9.59 Å². The Morgan fingerprint density at radius 1 is 0.889 bits per heavy atom. The van der Waals surface area contributed by atoms with Gasteiger partial charge in [0.05, 0.1) is 14.2 Å². The highest BCUT2D eigenvalue weighted by molar-refractivity contribution is 5.93. The molecule has 0 spiro atoms. The van der Waals surface area contributed by atoms with E-state index in [2.05, 4.69) is 0 Å². The fraction of sp³-hybridized carbons (Fsp3) is 0.429. The summed E-state index contributed by atoms with van der Waals surface area (Å²) >= 11 is 0. The summed E-state index contributed by atoms with van der Waals surface area (Å²) in [5, 5.41) is 0. The quantitative estimate of drug-likeness (QED) is 0.552. The summed E-state index contributed by atoms with van der Waals surface area (Å²) in [7, 11) is 2.67. The molecule has 18 heavy (non-hydrogen) atoms.